The first kappa shape index (κ1) is 18.0. The van der Waals surface area contributed by atoms with Crippen molar-refractivity contribution < 1.29 is 18.7 Å². The number of thiazole rings is 1. The van der Waals surface area contributed by atoms with Gasteiger partial charge in [0.1, 0.15) is 22.7 Å². The average molecular weight is 388 g/mol. The standard InChI is InChI=1S/C20H18F2N2O2S/c21-12-8-9-13(14(22)11-12)18(24-10-4-3-6-16(24)20(25)26)19-23-15-5-1-2-7-17(15)27-19/h1-2,5,7-9,11,16,18H,3-4,6,10H2,(H,25,26). The molecular weight excluding hydrogens is 370 g/mol. The molecule has 4 nitrogen and oxygen atoms in total. The Bertz CT molecular complexity index is 958. The van der Waals surface area contributed by atoms with E-state index in [4.69, 9.17) is 0 Å². The number of para-hydroxylation sites is 1. The summed E-state index contributed by atoms with van der Waals surface area (Å²) in [7, 11) is 0. The molecule has 3 aromatic rings. The lowest BCUT2D eigenvalue weighted by molar-refractivity contribution is -0.145. The number of carboxylic acid groups (broad SMARTS) is 1. The van der Waals surface area contributed by atoms with Crippen molar-refractivity contribution in [3.8, 4) is 0 Å². The molecule has 1 aromatic heterocycles. The molecule has 1 fully saturated rings. The Balaban J connectivity index is 1.87. The van der Waals surface area contributed by atoms with Crippen LogP contribution in [0, 0.1) is 11.6 Å². The number of piperidine rings is 1. The predicted molar refractivity (Wildman–Crippen MR) is 99.8 cm³/mol. The van der Waals surface area contributed by atoms with E-state index in [0.29, 0.717) is 18.0 Å². The molecule has 2 heterocycles. The Morgan fingerprint density at radius 3 is 2.78 bits per heavy atom. The smallest absolute Gasteiger partial charge is 0.320 e. The molecule has 2 unspecified atom stereocenters. The summed E-state index contributed by atoms with van der Waals surface area (Å²) in [5.41, 5.74) is 1.04. The van der Waals surface area contributed by atoms with Crippen molar-refractivity contribution >= 4 is 27.5 Å². The number of fused-ring (bicyclic) bond motifs is 1. The van der Waals surface area contributed by atoms with Crippen molar-refractivity contribution in [2.75, 3.05) is 6.54 Å². The van der Waals surface area contributed by atoms with Gasteiger partial charge in [-0.25, -0.2) is 13.8 Å². The SMILES string of the molecule is O=C(O)C1CCCCN1C(c1nc2ccccc2s1)c1ccc(F)cc1F. The van der Waals surface area contributed by atoms with E-state index in [1.807, 2.05) is 24.3 Å². The van der Waals surface area contributed by atoms with Crippen LogP contribution >= 0.6 is 11.3 Å². The third kappa shape index (κ3) is 3.44. The van der Waals surface area contributed by atoms with E-state index in [2.05, 4.69) is 4.98 Å². The monoisotopic (exact) mass is 388 g/mol. The van der Waals surface area contributed by atoms with E-state index in [9.17, 15) is 18.7 Å². The van der Waals surface area contributed by atoms with E-state index in [1.54, 1.807) is 4.90 Å². The van der Waals surface area contributed by atoms with E-state index < -0.39 is 29.7 Å². The molecule has 2 aromatic carbocycles. The first-order valence-corrected chi connectivity index (χ1v) is 9.65. The molecule has 1 saturated heterocycles. The van der Waals surface area contributed by atoms with Gasteiger partial charge in [-0.3, -0.25) is 9.69 Å². The number of rotatable bonds is 4. The molecule has 4 rings (SSSR count). The lowest BCUT2D eigenvalue weighted by Crippen LogP contribution is -2.47. The van der Waals surface area contributed by atoms with Gasteiger partial charge < -0.3 is 5.11 Å². The number of likely N-dealkylation sites (tertiary alicyclic amines) is 1. The number of carbonyl (C=O) groups is 1. The van der Waals surface area contributed by atoms with Gasteiger partial charge in [0.25, 0.3) is 0 Å². The zero-order valence-corrected chi connectivity index (χ0v) is 15.3. The molecule has 7 heteroatoms. The van der Waals surface area contributed by atoms with Gasteiger partial charge in [-0.15, -0.1) is 11.3 Å². The van der Waals surface area contributed by atoms with E-state index >= 15 is 0 Å². The Hall–Kier alpha value is -2.38. The van der Waals surface area contributed by atoms with Crippen molar-refractivity contribution in [3.05, 3.63) is 64.7 Å². The van der Waals surface area contributed by atoms with Crippen LogP contribution in [0.15, 0.2) is 42.5 Å². The number of hydrogen-bond donors (Lipinski definition) is 1. The summed E-state index contributed by atoms with van der Waals surface area (Å²) in [6.45, 7) is 0.522. The summed E-state index contributed by atoms with van der Waals surface area (Å²) < 4.78 is 29.1. The minimum atomic E-state index is -0.927. The fraction of sp³-hybridized carbons (Fsp3) is 0.300. The third-order valence-electron chi connectivity index (χ3n) is 4.96. The number of hydrogen-bond acceptors (Lipinski definition) is 4. The normalized spacial score (nSPS) is 19.3. The van der Waals surface area contributed by atoms with Crippen molar-refractivity contribution in [2.24, 2.45) is 0 Å². The zero-order valence-electron chi connectivity index (χ0n) is 14.4. The molecule has 0 amide bonds. The average Bonchev–Trinajstić information content (AvgIpc) is 3.07. The van der Waals surface area contributed by atoms with Crippen LogP contribution in [0.4, 0.5) is 8.78 Å². The summed E-state index contributed by atoms with van der Waals surface area (Å²) in [5, 5.41) is 10.3. The van der Waals surface area contributed by atoms with Crippen LogP contribution in [0.1, 0.15) is 35.9 Å². The van der Waals surface area contributed by atoms with Gasteiger partial charge in [0.2, 0.25) is 0 Å². The van der Waals surface area contributed by atoms with E-state index in [1.165, 1.54) is 23.5 Å². The summed E-state index contributed by atoms with van der Waals surface area (Å²) in [4.78, 5) is 18.3. The number of aliphatic carboxylic acids is 1. The van der Waals surface area contributed by atoms with Gasteiger partial charge in [0.05, 0.1) is 16.3 Å². The molecule has 27 heavy (non-hydrogen) atoms. The number of aromatic nitrogens is 1. The second-order valence-corrected chi connectivity index (χ2v) is 7.74. The van der Waals surface area contributed by atoms with Crippen molar-refractivity contribution in [2.45, 2.75) is 31.3 Å². The second-order valence-electron chi connectivity index (χ2n) is 6.68. The van der Waals surface area contributed by atoms with Gasteiger partial charge in [0.15, 0.2) is 0 Å². The Morgan fingerprint density at radius 1 is 1.22 bits per heavy atom. The molecule has 140 valence electrons. The number of carboxylic acids is 1. The fourth-order valence-electron chi connectivity index (χ4n) is 3.71. The number of benzene rings is 2. The zero-order chi connectivity index (χ0) is 19.0. The maximum atomic E-state index is 14.7. The van der Waals surface area contributed by atoms with Crippen molar-refractivity contribution in [3.63, 3.8) is 0 Å². The Kier molecular flexibility index (Phi) is 4.88. The fourth-order valence-corrected chi connectivity index (χ4v) is 4.82. The molecule has 0 aliphatic carbocycles. The summed E-state index contributed by atoms with van der Waals surface area (Å²) >= 11 is 1.41. The topological polar surface area (TPSA) is 53.4 Å². The maximum absolute atomic E-state index is 14.7. The largest absolute Gasteiger partial charge is 0.480 e. The van der Waals surface area contributed by atoms with Gasteiger partial charge in [-0.05, 0) is 31.0 Å². The van der Waals surface area contributed by atoms with Gasteiger partial charge in [-0.1, -0.05) is 24.6 Å². The predicted octanol–water partition coefficient (Wildman–Crippen LogP) is 4.60. The minimum absolute atomic E-state index is 0.253. The molecule has 0 bridgehead atoms. The minimum Gasteiger partial charge on any atom is -0.480 e. The van der Waals surface area contributed by atoms with Gasteiger partial charge in [-0.2, -0.15) is 0 Å². The quantitative estimate of drug-likeness (QED) is 0.710. The van der Waals surface area contributed by atoms with Gasteiger partial charge in [0, 0.05) is 18.2 Å². The first-order chi connectivity index (χ1) is 13.0. The van der Waals surface area contributed by atoms with E-state index in [0.717, 1.165) is 29.1 Å². The van der Waals surface area contributed by atoms with Crippen LogP contribution in [0.5, 0.6) is 0 Å². The van der Waals surface area contributed by atoms with Crippen LogP contribution in [-0.2, 0) is 4.79 Å². The number of halogens is 2. The Labute approximate surface area is 159 Å². The van der Waals surface area contributed by atoms with Crippen LogP contribution in [0.25, 0.3) is 10.2 Å². The first-order valence-electron chi connectivity index (χ1n) is 8.83. The van der Waals surface area contributed by atoms with Crippen molar-refractivity contribution in [1.29, 1.82) is 0 Å². The molecule has 0 saturated carbocycles. The molecule has 1 aliphatic heterocycles. The lowest BCUT2D eigenvalue weighted by atomic mass is 9.96. The summed E-state index contributed by atoms with van der Waals surface area (Å²) in [6.07, 6.45) is 2.14. The lowest BCUT2D eigenvalue weighted by Gasteiger charge is -2.38. The highest BCUT2D eigenvalue weighted by molar-refractivity contribution is 7.18. The van der Waals surface area contributed by atoms with Crippen molar-refractivity contribution in [1.82, 2.24) is 9.88 Å². The van der Waals surface area contributed by atoms with Crippen LogP contribution < -0.4 is 0 Å². The molecular formula is C20H18F2N2O2S. The molecule has 2 atom stereocenters. The third-order valence-corrected chi connectivity index (χ3v) is 6.05. The van der Waals surface area contributed by atoms with Crippen LogP contribution in [-0.4, -0.2) is 33.5 Å². The molecule has 1 aliphatic rings. The second kappa shape index (κ2) is 7.32. The maximum Gasteiger partial charge on any atom is 0.320 e. The molecule has 0 spiro atoms. The highest BCUT2D eigenvalue weighted by Gasteiger charge is 2.37. The highest BCUT2D eigenvalue weighted by Crippen LogP contribution is 2.38. The number of nitrogens with zero attached hydrogens (tertiary/aromatic N) is 2. The summed E-state index contributed by atoms with van der Waals surface area (Å²) in [5.74, 6) is -2.27. The van der Waals surface area contributed by atoms with Gasteiger partial charge >= 0.3 is 5.97 Å². The van der Waals surface area contributed by atoms with Crippen LogP contribution in [0.3, 0.4) is 0 Å². The highest BCUT2D eigenvalue weighted by atomic mass is 32.1. The molecule has 1 N–H and O–H groups in total. The van der Waals surface area contributed by atoms with Crippen LogP contribution in [0.2, 0.25) is 0 Å². The Morgan fingerprint density at radius 2 is 2.04 bits per heavy atom. The summed E-state index contributed by atoms with van der Waals surface area (Å²) in [6, 6.07) is 9.64. The van der Waals surface area contributed by atoms with E-state index in [-0.39, 0.29) is 5.56 Å². The molecule has 0 radical (unpaired) electrons.